The van der Waals surface area contributed by atoms with Crippen molar-refractivity contribution in [2.45, 2.75) is 6.42 Å². The second kappa shape index (κ2) is 3.71. The molecule has 0 aromatic heterocycles. The van der Waals surface area contributed by atoms with Crippen LogP contribution < -0.4 is 0 Å². The predicted octanol–water partition coefficient (Wildman–Crippen LogP) is -0.0791. The van der Waals surface area contributed by atoms with Crippen LogP contribution in [0, 0.1) is 5.92 Å². The Hall–Kier alpha value is -1.49. The molecule has 1 unspecified atom stereocenters. The third-order valence-corrected chi connectivity index (χ3v) is 1.99. The highest BCUT2D eigenvalue weighted by Gasteiger charge is 2.39. The van der Waals surface area contributed by atoms with Gasteiger partial charge in [0.2, 0.25) is 0 Å². The highest BCUT2D eigenvalue weighted by Crippen LogP contribution is 2.22. The number of carboxylic acid groups (broad SMARTS) is 1. The van der Waals surface area contributed by atoms with Crippen molar-refractivity contribution in [1.29, 1.82) is 0 Å². The molecular formula is C8H5ClO5. The standard InChI is InChI=1S/C8H5ClO5/c9-3-1-4(10)7(8(3)14)5(11)2-6(12)13/h1,7H,2H2,(H,12,13). The fraction of sp³-hybridized carbons (Fsp3) is 0.250. The second-order valence-electron chi connectivity index (χ2n) is 2.73. The van der Waals surface area contributed by atoms with Gasteiger partial charge in [-0.05, 0) is 0 Å². The van der Waals surface area contributed by atoms with E-state index in [9.17, 15) is 19.2 Å². The highest BCUT2D eigenvalue weighted by molar-refractivity contribution is 6.51. The second-order valence-corrected chi connectivity index (χ2v) is 3.14. The van der Waals surface area contributed by atoms with Gasteiger partial charge in [-0.2, -0.15) is 0 Å². The van der Waals surface area contributed by atoms with Gasteiger partial charge in [-0.3, -0.25) is 19.2 Å². The zero-order chi connectivity index (χ0) is 10.9. The number of allylic oxidation sites excluding steroid dienone is 2. The number of carboxylic acids is 1. The van der Waals surface area contributed by atoms with E-state index < -0.39 is 35.7 Å². The average Bonchev–Trinajstić information content (AvgIpc) is 2.25. The lowest BCUT2D eigenvalue weighted by Gasteiger charge is -2.02. The Morgan fingerprint density at radius 2 is 2.00 bits per heavy atom. The molecule has 5 nitrogen and oxygen atoms in total. The van der Waals surface area contributed by atoms with Crippen molar-refractivity contribution in [1.82, 2.24) is 0 Å². The largest absolute Gasteiger partial charge is 0.481 e. The topological polar surface area (TPSA) is 88.5 Å². The van der Waals surface area contributed by atoms with Crippen LogP contribution in [0.5, 0.6) is 0 Å². The van der Waals surface area contributed by atoms with Crippen LogP contribution in [-0.4, -0.2) is 28.4 Å². The first-order valence-electron chi connectivity index (χ1n) is 3.63. The Labute approximate surface area is 83.3 Å². The van der Waals surface area contributed by atoms with Gasteiger partial charge in [0.1, 0.15) is 12.3 Å². The molecule has 0 amide bonds. The first-order chi connectivity index (χ1) is 6.43. The maximum absolute atomic E-state index is 11.1. The highest BCUT2D eigenvalue weighted by atomic mass is 35.5. The third-order valence-electron chi connectivity index (χ3n) is 1.70. The summed E-state index contributed by atoms with van der Waals surface area (Å²) < 4.78 is 0. The summed E-state index contributed by atoms with van der Waals surface area (Å²) in [5.74, 6) is -5.41. The van der Waals surface area contributed by atoms with Crippen LogP contribution in [0.15, 0.2) is 11.1 Å². The van der Waals surface area contributed by atoms with Crippen molar-refractivity contribution in [3.05, 3.63) is 11.1 Å². The minimum atomic E-state index is -1.54. The van der Waals surface area contributed by atoms with Crippen LogP contribution in [0.25, 0.3) is 0 Å². The summed E-state index contributed by atoms with van der Waals surface area (Å²) in [4.78, 5) is 43.4. The molecule has 0 fully saturated rings. The van der Waals surface area contributed by atoms with Gasteiger partial charge < -0.3 is 5.11 Å². The van der Waals surface area contributed by atoms with E-state index in [1.165, 1.54) is 0 Å². The average molecular weight is 217 g/mol. The van der Waals surface area contributed by atoms with E-state index in [0.717, 1.165) is 6.08 Å². The summed E-state index contributed by atoms with van der Waals surface area (Å²) in [6, 6.07) is 0. The molecule has 1 aliphatic carbocycles. The summed E-state index contributed by atoms with van der Waals surface area (Å²) in [6.07, 6.45) is -0.00549. The molecule has 1 rings (SSSR count). The van der Waals surface area contributed by atoms with E-state index >= 15 is 0 Å². The number of Topliss-reactive ketones (excluding diaryl/α,β-unsaturated/α-hetero) is 2. The van der Waals surface area contributed by atoms with Crippen molar-refractivity contribution < 1.29 is 24.3 Å². The molecule has 0 bridgehead atoms. The summed E-state index contributed by atoms with van der Waals surface area (Å²) in [7, 11) is 0. The molecule has 14 heavy (non-hydrogen) atoms. The molecule has 1 atom stereocenters. The molecule has 6 heteroatoms. The maximum atomic E-state index is 11.1. The SMILES string of the molecule is O=C(O)CC(=O)C1C(=O)C=C(Cl)C1=O. The molecule has 0 aliphatic heterocycles. The number of rotatable bonds is 3. The Kier molecular flexibility index (Phi) is 2.81. The van der Waals surface area contributed by atoms with Crippen LogP contribution in [0.2, 0.25) is 0 Å². The quantitative estimate of drug-likeness (QED) is 0.667. The number of carbonyl (C=O) groups excluding carboxylic acids is 3. The molecule has 0 saturated heterocycles. The fourth-order valence-corrected chi connectivity index (χ4v) is 1.32. The van der Waals surface area contributed by atoms with E-state index in [2.05, 4.69) is 0 Å². The smallest absolute Gasteiger partial charge is 0.310 e. The Morgan fingerprint density at radius 3 is 2.36 bits per heavy atom. The van der Waals surface area contributed by atoms with Gasteiger partial charge in [0.15, 0.2) is 17.3 Å². The summed E-state index contributed by atoms with van der Waals surface area (Å²) in [5, 5.41) is 7.97. The van der Waals surface area contributed by atoms with Crippen molar-refractivity contribution >= 4 is 34.9 Å². The monoisotopic (exact) mass is 216 g/mol. The Balaban J connectivity index is 2.82. The van der Waals surface area contributed by atoms with Crippen molar-refractivity contribution in [3.8, 4) is 0 Å². The lowest BCUT2D eigenvalue weighted by atomic mass is 9.97. The van der Waals surface area contributed by atoms with Gasteiger partial charge >= 0.3 is 5.97 Å². The van der Waals surface area contributed by atoms with Crippen molar-refractivity contribution in [3.63, 3.8) is 0 Å². The minimum absolute atomic E-state index is 0.321. The Morgan fingerprint density at radius 1 is 1.43 bits per heavy atom. The molecular weight excluding hydrogens is 212 g/mol. The van der Waals surface area contributed by atoms with Gasteiger partial charge in [0, 0.05) is 6.08 Å². The third kappa shape index (κ3) is 1.88. The molecule has 0 heterocycles. The minimum Gasteiger partial charge on any atom is -0.481 e. The predicted molar refractivity (Wildman–Crippen MR) is 44.7 cm³/mol. The number of hydrogen-bond acceptors (Lipinski definition) is 4. The van der Waals surface area contributed by atoms with E-state index in [0.29, 0.717) is 0 Å². The van der Waals surface area contributed by atoms with Crippen LogP contribution in [0.4, 0.5) is 0 Å². The number of aliphatic carboxylic acids is 1. The van der Waals surface area contributed by atoms with Gasteiger partial charge in [0.25, 0.3) is 0 Å². The first-order valence-corrected chi connectivity index (χ1v) is 4.01. The summed E-state index contributed by atoms with van der Waals surface area (Å²) in [6.45, 7) is 0. The molecule has 1 aliphatic rings. The Bertz CT molecular complexity index is 368. The van der Waals surface area contributed by atoms with Gasteiger partial charge in [-0.25, -0.2) is 0 Å². The molecule has 74 valence electrons. The molecule has 0 spiro atoms. The van der Waals surface area contributed by atoms with E-state index in [1.54, 1.807) is 0 Å². The normalized spacial score (nSPS) is 20.9. The van der Waals surface area contributed by atoms with Crippen LogP contribution in [0.3, 0.4) is 0 Å². The van der Waals surface area contributed by atoms with E-state index in [4.69, 9.17) is 16.7 Å². The summed E-state index contributed by atoms with van der Waals surface area (Å²) in [5.41, 5.74) is 0. The molecule has 0 aromatic carbocycles. The van der Waals surface area contributed by atoms with Gasteiger partial charge in [-0.15, -0.1) is 0 Å². The lowest BCUT2D eigenvalue weighted by Crippen LogP contribution is -2.28. The van der Waals surface area contributed by atoms with Crippen molar-refractivity contribution in [2.75, 3.05) is 0 Å². The lowest BCUT2D eigenvalue weighted by molar-refractivity contribution is -0.142. The number of halogens is 1. The maximum Gasteiger partial charge on any atom is 0.310 e. The van der Waals surface area contributed by atoms with Crippen LogP contribution in [-0.2, 0) is 19.2 Å². The molecule has 0 radical (unpaired) electrons. The van der Waals surface area contributed by atoms with Gasteiger partial charge in [-0.1, -0.05) is 11.6 Å². The molecule has 0 saturated carbocycles. The summed E-state index contributed by atoms with van der Waals surface area (Å²) >= 11 is 5.32. The zero-order valence-corrected chi connectivity index (χ0v) is 7.58. The molecule has 1 N–H and O–H groups in total. The van der Waals surface area contributed by atoms with Crippen molar-refractivity contribution in [2.24, 2.45) is 5.92 Å². The van der Waals surface area contributed by atoms with Gasteiger partial charge in [0.05, 0.1) is 5.03 Å². The van der Waals surface area contributed by atoms with E-state index in [1.807, 2.05) is 0 Å². The number of carbonyl (C=O) groups is 4. The molecule has 0 aromatic rings. The van der Waals surface area contributed by atoms with Crippen LogP contribution >= 0.6 is 11.6 Å². The number of hydrogen-bond donors (Lipinski definition) is 1. The first kappa shape index (κ1) is 10.6. The fourth-order valence-electron chi connectivity index (χ4n) is 1.10. The number of ketones is 3. The zero-order valence-electron chi connectivity index (χ0n) is 6.82. The van der Waals surface area contributed by atoms with Crippen LogP contribution in [0.1, 0.15) is 6.42 Å². The van der Waals surface area contributed by atoms with E-state index in [-0.39, 0.29) is 5.03 Å².